The molecule has 4 heterocycles. The van der Waals surface area contributed by atoms with Crippen LogP contribution in [-0.4, -0.2) is 40.4 Å². The third-order valence-electron chi connectivity index (χ3n) is 5.81. The molecule has 2 aliphatic rings. The van der Waals surface area contributed by atoms with Crippen LogP contribution in [0.3, 0.4) is 0 Å². The zero-order valence-electron chi connectivity index (χ0n) is 15.9. The van der Waals surface area contributed by atoms with Gasteiger partial charge in [-0.25, -0.2) is 0 Å². The van der Waals surface area contributed by atoms with Gasteiger partial charge in [-0.15, -0.1) is 0 Å². The standard InChI is InChI=1S/C21H21ClN4O3/c22-16-3-4-18-17(9-16)24-21(29-18)26-6-1-2-14(11-26)20(28)25-7-5-13-8-19(27)23-10-15(13)12-25/h3-4,8-10,14H,1-2,5-7,11-12H2,(H,23,27). The van der Waals surface area contributed by atoms with Gasteiger partial charge in [0.05, 0.1) is 5.92 Å². The number of oxazole rings is 1. The van der Waals surface area contributed by atoms with E-state index in [9.17, 15) is 9.59 Å². The lowest BCUT2D eigenvalue weighted by molar-refractivity contribution is -0.136. The number of carbonyl (C=O) groups is 1. The summed E-state index contributed by atoms with van der Waals surface area (Å²) in [4.78, 5) is 35.9. The Bertz CT molecular complexity index is 1140. The lowest BCUT2D eigenvalue weighted by Crippen LogP contribution is -2.46. The molecule has 2 aromatic heterocycles. The van der Waals surface area contributed by atoms with Gasteiger partial charge < -0.3 is 19.2 Å². The van der Waals surface area contributed by atoms with Gasteiger partial charge in [0, 0.05) is 43.5 Å². The van der Waals surface area contributed by atoms with E-state index in [2.05, 4.69) is 14.9 Å². The first-order valence-corrected chi connectivity index (χ1v) is 10.2. The van der Waals surface area contributed by atoms with Crippen molar-refractivity contribution >= 4 is 34.6 Å². The van der Waals surface area contributed by atoms with Crippen molar-refractivity contribution in [3.63, 3.8) is 0 Å². The van der Waals surface area contributed by atoms with Crippen LogP contribution in [0, 0.1) is 5.92 Å². The average molecular weight is 413 g/mol. The molecule has 1 unspecified atom stereocenters. The number of nitrogens with one attached hydrogen (secondary N) is 1. The summed E-state index contributed by atoms with van der Waals surface area (Å²) in [6, 6.07) is 7.56. The molecule has 1 amide bonds. The van der Waals surface area contributed by atoms with Gasteiger partial charge in [0.1, 0.15) is 5.52 Å². The summed E-state index contributed by atoms with van der Waals surface area (Å²) in [7, 11) is 0. The first-order chi connectivity index (χ1) is 14.1. The van der Waals surface area contributed by atoms with Crippen LogP contribution in [0.2, 0.25) is 5.02 Å². The minimum atomic E-state index is -0.0916. The maximum atomic E-state index is 13.2. The Kier molecular flexibility index (Phi) is 4.54. The second kappa shape index (κ2) is 7.22. The highest BCUT2D eigenvalue weighted by Gasteiger charge is 2.32. The second-order valence-corrected chi connectivity index (χ2v) is 8.19. The molecule has 1 saturated heterocycles. The van der Waals surface area contributed by atoms with Gasteiger partial charge in [0.2, 0.25) is 11.5 Å². The maximum Gasteiger partial charge on any atom is 0.298 e. The van der Waals surface area contributed by atoms with E-state index in [-0.39, 0.29) is 17.4 Å². The topological polar surface area (TPSA) is 82.4 Å². The zero-order chi connectivity index (χ0) is 20.0. The molecule has 0 radical (unpaired) electrons. The zero-order valence-corrected chi connectivity index (χ0v) is 16.6. The summed E-state index contributed by atoms with van der Waals surface area (Å²) in [6.45, 7) is 2.60. The number of H-pyrrole nitrogens is 1. The minimum Gasteiger partial charge on any atom is -0.423 e. The third-order valence-corrected chi connectivity index (χ3v) is 6.04. The highest BCUT2D eigenvalue weighted by molar-refractivity contribution is 6.31. The smallest absolute Gasteiger partial charge is 0.298 e. The van der Waals surface area contributed by atoms with Crippen LogP contribution in [0.4, 0.5) is 6.01 Å². The van der Waals surface area contributed by atoms with Gasteiger partial charge in [-0.05, 0) is 48.6 Å². The Morgan fingerprint density at radius 2 is 2.14 bits per heavy atom. The number of aromatic amines is 1. The predicted octanol–water partition coefficient (Wildman–Crippen LogP) is 2.97. The first kappa shape index (κ1) is 18.2. The van der Waals surface area contributed by atoms with Gasteiger partial charge in [0.15, 0.2) is 5.58 Å². The van der Waals surface area contributed by atoms with Crippen molar-refractivity contribution in [3.05, 3.63) is 57.0 Å². The van der Waals surface area contributed by atoms with E-state index < -0.39 is 0 Å². The molecule has 1 aromatic carbocycles. The molecule has 8 heteroatoms. The van der Waals surface area contributed by atoms with Crippen LogP contribution in [0.15, 0.2) is 39.7 Å². The molecular formula is C21H21ClN4O3. The number of rotatable bonds is 2. The van der Waals surface area contributed by atoms with E-state index in [1.54, 1.807) is 24.4 Å². The number of nitrogens with zero attached hydrogens (tertiary/aromatic N) is 3. The summed E-state index contributed by atoms with van der Waals surface area (Å²) in [5.41, 5.74) is 3.38. The van der Waals surface area contributed by atoms with E-state index in [1.807, 2.05) is 11.0 Å². The fourth-order valence-corrected chi connectivity index (χ4v) is 4.45. The van der Waals surface area contributed by atoms with E-state index in [0.29, 0.717) is 42.7 Å². The van der Waals surface area contributed by atoms with Crippen LogP contribution in [0.5, 0.6) is 0 Å². The second-order valence-electron chi connectivity index (χ2n) is 7.75. The normalized spacial score (nSPS) is 19.4. The van der Waals surface area contributed by atoms with Crippen molar-refractivity contribution in [1.29, 1.82) is 0 Å². The molecule has 1 fully saturated rings. The van der Waals surface area contributed by atoms with E-state index in [4.69, 9.17) is 16.0 Å². The number of pyridine rings is 1. The third kappa shape index (κ3) is 3.51. The Balaban J connectivity index is 1.31. The summed E-state index contributed by atoms with van der Waals surface area (Å²) in [5.74, 6) is 0.0670. The summed E-state index contributed by atoms with van der Waals surface area (Å²) in [5, 5.41) is 0.621. The molecule has 5 rings (SSSR count). The maximum absolute atomic E-state index is 13.2. The number of benzene rings is 1. The van der Waals surface area contributed by atoms with E-state index in [1.165, 1.54) is 0 Å². The van der Waals surface area contributed by atoms with Gasteiger partial charge in [-0.2, -0.15) is 4.98 Å². The minimum absolute atomic E-state index is 0.0911. The lowest BCUT2D eigenvalue weighted by Gasteiger charge is -2.36. The lowest BCUT2D eigenvalue weighted by atomic mass is 9.94. The molecule has 150 valence electrons. The summed E-state index contributed by atoms with van der Waals surface area (Å²) in [6.07, 6.45) is 4.21. The van der Waals surface area contributed by atoms with Crippen molar-refractivity contribution in [3.8, 4) is 0 Å². The quantitative estimate of drug-likeness (QED) is 0.699. The van der Waals surface area contributed by atoms with Crippen LogP contribution in [0.25, 0.3) is 11.1 Å². The number of piperidine rings is 1. The van der Waals surface area contributed by atoms with Gasteiger partial charge in [-0.1, -0.05) is 11.6 Å². The Labute approximate surface area is 172 Å². The Hall–Kier alpha value is -2.80. The Morgan fingerprint density at radius 3 is 3.03 bits per heavy atom. The van der Waals surface area contributed by atoms with Gasteiger partial charge in [-0.3, -0.25) is 9.59 Å². The van der Waals surface area contributed by atoms with Crippen molar-refractivity contribution in [2.45, 2.75) is 25.8 Å². The number of aromatic nitrogens is 2. The largest absolute Gasteiger partial charge is 0.423 e. The molecule has 0 saturated carbocycles. The number of hydrogen-bond acceptors (Lipinski definition) is 5. The van der Waals surface area contributed by atoms with E-state index in [0.717, 1.165) is 36.0 Å². The fourth-order valence-electron chi connectivity index (χ4n) is 4.29. The highest BCUT2D eigenvalue weighted by Crippen LogP contribution is 2.29. The molecule has 0 aliphatic carbocycles. The Morgan fingerprint density at radius 1 is 1.24 bits per heavy atom. The number of hydrogen-bond donors (Lipinski definition) is 1. The van der Waals surface area contributed by atoms with Gasteiger partial charge in [0.25, 0.3) is 6.01 Å². The number of halogens is 1. The molecule has 1 N–H and O–H groups in total. The van der Waals surface area contributed by atoms with Crippen LogP contribution < -0.4 is 10.5 Å². The van der Waals surface area contributed by atoms with Crippen LogP contribution in [0.1, 0.15) is 24.0 Å². The molecule has 1 atom stereocenters. The molecule has 3 aromatic rings. The van der Waals surface area contributed by atoms with Crippen LogP contribution >= 0.6 is 11.6 Å². The molecule has 2 aliphatic heterocycles. The summed E-state index contributed by atoms with van der Waals surface area (Å²) < 4.78 is 5.89. The molecule has 0 spiro atoms. The number of carbonyl (C=O) groups excluding carboxylic acids is 1. The first-order valence-electron chi connectivity index (χ1n) is 9.87. The number of amides is 1. The summed E-state index contributed by atoms with van der Waals surface area (Å²) >= 11 is 6.04. The van der Waals surface area contributed by atoms with Crippen LogP contribution in [-0.2, 0) is 17.8 Å². The molecule has 0 bridgehead atoms. The predicted molar refractivity (Wildman–Crippen MR) is 110 cm³/mol. The highest BCUT2D eigenvalue weighted by atomic mass is 35.5. The van der Waals surface area contributed by atoms with E-state index >= 15 is 0 Å². The molecule has 7 nitrogen and oxygen atoms in total. The van der Waals surface area contributed by atoms with Crippen molar-refractivity contribution < 1.29 is 9.21 Å². The average Bonchev–Trinajstić information content (AvgIpc) is 3.16. The monoisotopic (exact) mass is 412 g/mol. The number of fused-ring (bicyclic) bond motifs is 2. The fraction of sp³-hybridized carbons (Fsp3) is 0.381. The molecule has 29 heavy (non-hydrogen) atoms. The van der Waals surface area contributed by atoms with Crippen molar-refractivity contribution in [2.24, 2.45) is 5.92 Å². The van der Waals surface area contributed by atoms with Crippen molar-refractivity contribution in [2.75, 3.05) is 24.5 Å². The van der Waals surface area contributed by atoms with Crippen molar-refractivity contribution in [1.82, 2.24) is 14.9 Å². The van der Waals surface area contributed by atoms with Gasteiger partial charge >= 0.3 is 0 Å². The molecular weight excluding hydrogens is 392 g/mol. The number of anilines is 1. The SMILES string of the molecule is O=C(C1CCCN(c2nc3cc(Cl)ccc3o2)C1)N1CCc2cc(=O)[nH]cc2C1.